The third kappa shape index (κ3) is 9.35. The number of para-hydroxylation sites is 3. The van der Waals surface area contributed by atoms with Gasteiger partial charge in [-0.05, 0) is 136 Å². The molecule has 0 spiro atoms. The minimum Gasteiger partial charge on any atom is -0.309 e. The number of rotatable bonds is 10. The normalized spacial score (nSPS) is 11.9. The molecule has 9 nitrogen and oxygen atoms in total. The van der Waals surface area contributed by atoms with Crippen LogP contribution in [0.3, 0.4) is 0 Å². The molecule has 21 aromatic rings. The Bertz CT molecular complexity index is 7110. The van der Waals surface area contributed by atoms with Crippen LogP contribution in [-0.2, 0) is 0 Å². The maximum atomic E-state index is 5.42. The predicted molar refractivity (Wildman–Crippen MR) is 443 cm³/mol. The van der Waals surface area contributed by atoms with Gasteiger partial charge in [0.05, 0.1) is 55.7 Å². The van der Waals surface area contributed by atoms with Gasteiger partial charge in [-0.25, -0.2) is 24.9 Å². The van der Waals surface area contributed by atoms with Crippen molar-refractivity contribution >= 4 is 76.3 Å². The van der Waals surface area contributed by atoms with Gasteiger partial charge in [0.2, 0.25) is 5.95 Å². The second-order valence-corrected chi connectivity index (χ2v) is 27.7. The third-order valence-corrected chi connectivity index (χ3v) is 21.8. The number of nitrogens with zero attached hydrogens (tertiary/aromatic N) is 9. The molecule has 9 heteroatoms. The Labute approximate surface area is 621 Å². The van der Waals surface area contributed by atoms with Crippen LogP contribution in [0.15, 0.2) is 370 Å². The third-order valence-electron chi connectivity index (χ3n) is 21.8. The minimum absolute atomic E-state index is 0.632. The van der Waals surface area contributed by atoms with Crippen molar-refractivity contribution in [1.29, 1.82) is 0 Å². The van der Waals surface area contributed by atoms with Gasteiger partial charge in [0, 0.05) is 88.1 Å². The van der Waals surface area contributed by atoms with E-state index in [4.69, 9.17) is 24.9 Å². The first-order chi connectivity index (χ1) is 53.6. The van der Waals surface area contributed by atoms with Crippen LogP contribution in [-0.4, -0.2) is 43.2 Å². The summed E-state index contributed by atoms with van der Waals surface area (Å²) in [5.74, 6) is 2.58. The summed E-state index contributed by atoms with van der Waals surface area (Å²) in [5, 5.41) is 8.61. The van der Waals surface area contributed by atoms with Crippen molar-refractivity contribution < 1.29 is 0 Å². The fraction of sp³-hybridized carbons (Fsp3) is 0. The molecular formula is C99H61N9. The average Bonchev–Trinajstić information content (AvgIpc) is 1.53. The van der Waals surface area contributed by atoms with E-state index >= 15 is 0 Å². The van der Waals surface area contributed by atoms with Crippen LogP contribution in [0, 0.1) is 0 Å². The molecule has 0 amide bonds. The van der Waals surface area contributed by atoms with Gasteiger partial charge in [0.15, 0.2) is 17.5 Å². The summed E-state index contributed by atoms with van der Waals surface area (Å²) in [7, 11) is 0. The number of aromatic nitrogens is 9. The van der Waals surface area contributed by atoms with Gasteiger partial charge in [0.1, 0.15) is 0 Å². The van der Waals surface area contributed by atoms with Crippen molar-refractivity contribution in [3.8, 4) is 135 Å². The molecule has 0 saturated carbocycles. The lowest BCUT2D eigenvalue weighted by Crippen LogP contribution is -2.05. The lowest BCUT2D eigenvalue weighted by atomic mass is 9.95. The van der Waals surface area contributed by atoms with Crippen LogP contribution in [0.4, 0.5) is 0 Å². The van der Waals surface area contributed by atoms with E-state index in [1.54, 1.807) is 0 Å². The van der Waals surface area contributed by atoms with Gasteiger partial charge >= 0.3 is 0 Å². The van der Waals surface area contributed by atoms with E-state index < -0.39 is 0 Å². The molecule has 0 aliphatic heterocycles. The van der Waals surface area contributed by atoms with Crippen molar-refractivity contribution in [2.75, 3.05) is 0 Å². The molecule has 0 radical (unpaired) electrons. The van der Waals surface area contributed by atoms with Crippen LogP contribution >= 0.6 is 0 Å². The Morgan fingerprint density at radius 2 is 0.491 bits per heavy atom. The highest BCUT2D eigenvalue weighted by molar-refractivity contribution is 6.31. The van der Waals surface area contributed by atoms with E-state index in [2.05, 4.69) is 322 Å². The summed E-state index contributed by atoms with van der Waals surface area (Å²) >= 11 is 0. The summed E-state index contributed by atoms with van der Waals surface area (Å²) in [6, 6.07) is 131. The van der Waals surface area contributed by atoms with E-state index in [0.717, 1.165) is 89.5 Å². The van der Waals surface area contributed by atoms with Gasteiger partial charge in [-0.2, -0.15) is 0 Å². The SMILES string of the molecule is c1ccc(-c2nc(-c3ccccc3)nc(-c3ccc(-n4c(-c5ccccc5)c5c6c(cccc64)-c4cccc6c4c4c-5cccc4n6-c4ccccc4)cc3)n2)cc1.c1ccc(-c2nc(-n3c(-c4ccccc4)c4c5c(cccc53)-c3cccc5c3c3c-4cccc3n5-c3ccccc3)nc3ccccc23)cc1. The molecule has 6 aromatic heterocycles. The number of fused-ring (bicyclic) bond motifs is 5. The van der Waals surface area contributed by atoms with Gasteiger partial charge in [-0.3, -0.25) is 4.57 Å². The summed E-state index contributed by atoms with van der Waals surface area (Å²) in [6.07, 6.45) is 0. The zero-order valence-corrected chi connectivity index (χ0v) is 58.2. The predicted octanol–water partition coefficient (Wildman–Crippen LogP) is 24.9. The van der Waals surface area contributed by atoms with Crippen LogP contribution in [0.25, 0.3) is 212 Å². The van der Waals surface area contributed by atoms with E-state index in [9.17, 15) is 0 Å². The first-order valence-electron chi connectivity index (χ1n) is 36.7. The molecule has 0 saturated heterocycles. The largest absolute Gasteiger partial charge is 0.309 e. The smallest absolute Gasteiger partial charge is 0.235 e. The standard InChI is InChI=1S/C53H33N5.C46H28N4/c1-5-16-34(17-6-1)50-49-42-26-15-28-44-48(42)46-40(24-13-27-43(46)57(44)38-22-11-4-12-23-38)41-25-14-29-45(47(41)49)58(50)39-32-30-37(31-33-39)53-55-51(35-18-7-2-8-19-35)54-52(56-53)36-20-9-3-10-21-36;1-4-15-29(16-5-1)44-34-21-10-11-25-36(34)47-46(48-44)50-39-28-13-23-33-32-22-12-26-37-40(32)42-35(43(41(33)39)45(50)30-17-6-2-7-18-30)24-14-27-38(42)49(37)31-19-8-3-9-20-31/h1-33H;1-28H. The molecule has 2 aliphatic carbocycles. The first-order valence-corrected chi connectivity index (χ1v) is 36.7. The highest BCUT2D eigenvalue weighted by Gasteiger charge is 2.34. The highest BCUT2D eigenvalue weighted by atomic mass is 15.2. The molecule has 6 heterocycles. The topological polar surface area (TPSA) is 84.2 Å². The first kappa shape index (κ1) is 60.9. The van der Waals surface area contributed by atoms with Gasteiger partial charge < -0.3 is 13.7 Å². The Hall–Kier alpha value is -14.7. The fourth-order valence-electron chi connectivity index (χ4n) is 17.3. The van der Waals surface area contributed by atoms with Crippen molar-refractivity contribution in [3.05, 3.63) is 370 Å². The summed E-state index contributed by atoms with van der Waals surface area (Å²) in [5.41, 5.74) is 30.5. The molecule has 0 unspecified atom stereocenters. The Balaban J connectivity index is 0.000000135. The van der Waals surface area contributed by atoms with Crippen LogP contribution in [0.2, 0.25) is 0 Å². The summed E-state index contributed by atoms with van der Waals surface area (Å²) in [6.45, 7) is 0. The Morgan fingerprint density at radius 1 is 0.185 bits per heavy atom. The van der Waals surface area contributed by atoms with Crippen LogP contribution in [0.1, 0.15) is 0 Å². The van der Waals surface area contributed by atoms with E-state index in [1.807, 2.05) is 66.7 Å². The van der Waals surface area contributed by atoms with Crippen LogP contribution < -0.4 is 0 Å². The van der Waals surface area contributed by atoms with Crippen molar-refractivity contribution in [3.63, 3.8) is 0 Å². The van der Waals surface area contributed by atoms with Crippen LogP contribution in [0.5, 0.6) is 0 Å². The van der Waals surface area contributed by atoms with Crippen molar-refractivity contribution in [2.24, 2.45) is 0 Å². The molecule has 0 fully saturated rings. The average molecular weight is 1380 g/mol. The molecule has 502 valence electrons. The second kappa shape index (κ2) is 24.5. The van der Waals surface area contributed by atoms with Gasteiger partial charge in [-0.1, -0.05) is 279 Å². The zero-order chi connectivity index (χ0) is 70.9. The van der Waals surface area contributed by atoms with E-state index in [0.29, 0.717) is 23.4 Å². The lowest BCUT2D eigenvalue weighted by Gasteiger charge is -2.15. The number of hydrogen-bond acceptors (Lipinski definition) is 5. The minimum atomic E-state index is 0.632. The van der Waals surface area contributed by atoms with E-state index in [-0.39, 0.29) is 0 Å². The zero-order valence-electron chi connectivity index (χ0n) is 58.2. The van der Waals surface area contributed by atoms with Gasteiger partial charge in [-0.15, -0.1) is 0 Å². The van der Waals surface area contributed by atoms with Crippen molar-refractivity contribution in [2.45, 2.75) is 0 Å². The molecule has 23 rings (SSSR count). The highest BCUT2D eigenvalue weighted by Crippen LogP contribution is 2.56. The summed E-state index contributed by atoms with van der Waals surface area (Å²) < 4.78 is 9.60. The molecule has 2 aliphatic rings. The lowest BCUT2D eigenvalue weighted by molar-refractivity contribution is 0.991. The maximum absolute atomic E-state index is 5.42. The van der Waals surface area contributed by atoms with Crippen molar-refractivity contribution in [1.82, 2.24) is 43.2 Å². The molecular weight excluding hydrogens is 1320 g/mol. The number of hydrogen-bond donors (Lipinski definition) is 0. The molecule has 0 atom stereocenters. The molecule has 0 N–H and O–H groups in total. The molecule has 108 heavy (non-hydrogen) atoms. The maximum Gasteiger partial charge on any atom is 0.235 e. The molecule has 15 aromatic carbocycles. The van der Waals surface area contributed by atoms with Gasteiger partial charge in [0.25, 0.3) is 0 Å². The Kier molecular flexibility index (Phi) is 13.8. The summed E-state index contributed by atoms with van der Waals surface area (Å²) in [4.78, 5) is 25.7. The monoisotopic (exact) mass is 1380 g/mol. The number of benzene rings is 15. The molecule has 0 bridgehead atoms. The van der Waals surface area contributed by atoms with E-state index in [1.165, 1.54) is 98.9 Å². The second-order valence-electron chi connectivity index (χ2n) is 27.7. The quantitative estimate of drug-likeness (QED) is 0.136. The fourth-order valence-corrected chi connectivity index (χ4v) is 17.3. The Morgan fingerprint density at radius 3 is 0.917 bits per heavy atom.